The number of nitrogens with one attached hydrogen (secondary N) is 1. The zero-order valence-corrected chi connectivity index (χ0v) is 18.0. The molecule has 1 amide bonds. The van der Waals surface area contributed by atoms with Gasteiger partial charge in [-0.15, -0.1) is 0 Å². The van der Waals surface area contributed by atoms with Crippen molar-refractivity contribution in [3.8, 4) is 5.75 Å². The molecule has 2 aliphatic heterocycles. The van der Waals surface area contributed by atoms with Crippen LogP contribution in [0.1, 0.15) is 44.1 Å². The molecule has 3 heterocycles. The second-order valence-corrected chi connectivity index (χ2v) is 9.57. The van der Waals surface area contributed by atoms with Crippen LogP contribution in [-0.4, -0.2) is 67.1 Å². The minimum Gasteiger partial charge on any atom is -0.493 e. The van der Waals surface area contributed by atoms with E-state index in [9.17, 15) is 13.6 Å². The van der Waals surface area contributed by atoms with Crippen molar-refractivity contribution in [1.82, 2.24) is 15.2 Å². The summed E-state index contributed by atoms with van der Waals surface area (Å²) in [6.45, 7) is 5.95. The normalized spacial score (nSPS) is 29.9. The van der Waals surface area contributed by atoms with Gasteiger partial charge in [-0.3, -0.25) is 9.69 Å². The monoisotopic (exact) mass is 434 g/mol. The number of nitrogens with zero attached hydrogens (tertiary/aromatic N) is 3. The molecule has 1 N–H and O–H groups in total. The molecule has 2 aliphatic carbocycles. The molecule has 2 saturated carbocycles. The number of fused-ring (bicyclic) bond motifs is 1. The Bertz CT molecular complexity index is 805. The lowest BCUT2D eigenvalue weighted by molar-refractivity contribution is -0.125. The van der Waals surface area contributed by atoms with E-state index in [-0.39, 0.29) is 12.5 Å². The molecule has 0 aromatic carbocycles. The third kappa shape index (κ3) is 4.64. The van der Waals surface area contributed by atoms with Gasteiger partial charge in [0.2, 0.25) is 5.91 Å². The Morgan fingerprint density at radius 2 is 1.94 bits per heavy atom. The standard InChI is InChI=1S/C23H32F2N4O2/c24-23(25)15-19(23)22(30)27-17-3-1-16(2-4-17)6-9-28-10-12-29(13-11-28)21-18-7-14-31-20(18)5-8-26-21/h5,8,16-17,19H,1-4,6-7,9-15H2,(H,27,30)/t16-,17-,19?. The zero-order chi connectivity index (χ0) is 21.4. The van der Waals surface area contributed by atoms with E-state index in [1.165, 1.54) is 12.0 Å². The molecule has 1 atom stereocenters. The number of hydrogen-bond acceptors (Lipinski definition) is 5. The van der Waals surface area contributed by atoms with Gasteiger partial charge in [0.05, 0.1) is 6.61 Å². The molecule has 170 valence electrons. The number of anilines is 1. The van der Waals surface area contributed by atoms with Crippen molar-refractivity contribution >= 4 is 11.7 Å². The summed E-state index contributed by atoms with van der Waals surface area (Å²) < 4.78 is 31.8. The molecule has 31 heavy (non-hydrogen) atoms. The van der Waals surface area contributed by atoms with Crippen LogP contribution in [0.2, 0.25) is 0 Å². The highest BCUT2D eigenvalue weighted by Gasteiger charge is 2.61. The van der Waals surface area contributed by atoms with E-state index in [0.29, 0.717) is 5.92 Å². The highest BCUT2D eigenvalue weighted by molar-refractivity contribution is 5.83. The van der Waals surface area contributed by atoms with Crippen molar-refractivity contribution in [3.63, 3.8) is 0 Å². The number of carbonyl (C=O) groups excluding carboxylic acids is 1. The molecule has 3 fully saturated rings. The Kier molecular flexibility index (Phi) is 5.75. The molecule has 0 radical (unpaired) electrons. The smallest absolute Gasteiger partial charge is 0.260 e. The van der Waals surface area contributed by atoms with Crippen LogP contribution in [0.15, 0.2) is 12.3 Å². The minimum absolute atomic E-state index is 0.0766. The summed E-state index contributed by atoms with van der Waals surface area (Å²) in [6.07, 6.45) is 7.67. The van der Waals surface area contributed by atoms with Crippen LogP contribution in [0.4, 0.5) is 14.6 Å². The van der Waals surface area contributed by atoms with Crippen molar-refractivity contribution < 1.29 is 18.3 Å². The summed E-state index contributed by atoms with van der Waals surface area (Å²) in [5.74, 6) is -1.54. The molecule has 4 aliphatic rings. The Morgan fingerprint density at radius 3 is 2.65 bits per heavy atom. The highest BCUT2D eigenvalue weighted by Crippen LogP contribution is 2.48. The predicted molar refractivity (Wildman–Crippen MR) is 114 cm³/mol. The second kappa shape index (κ2) is 8.52. The molecule has 1 aromatic heterocycles. The number of alkyl halides is 2. The Morgan fingerprint density at radius 1 is 1.19 bits per heavy atom. The van der Waals surface area contributed by atoms with Gasteiger partial charge in [0.1, 0.15) is 17.5 Å². The van der Waals surface area contributed by atoms with Gasteiger partial charge >= 0.3 is 0 Å². The van der Waals surface area contributed by atoms with Crippen LogP contribution in [-0.2, 0) is 11.2 Å². The molecular weight excluding hydrogens is 402 g/mol. The summed E-state index contributed by atoms with van der Waals surface area (Å²) in [5, 5.41) is 2.85. The first kappa shape index (κ1) is 20.9. The fraction of sp³-hybridized carbons (Fsp3) is 0.739. The number of pyridine rings is 1. The van der Waals surface area contributed by atoms with Gasteiger partial charge in [-0.1, -0.05) is 0 Å². The third-order valence-corrected chi connectivity index (χ3v) is 7.46. The van der Waals surface area contributed by atoms with Crippen LogP contribution in [0.5, 0.6) is 5.75 Å². The Balaban J connectivity index is 1.01. The molecule has 0 bridgehead atoms. The topological polar surface area (TPSA) is 57.7 Å². The van der Waals surface area contributed by atoms with Gasteiger partial charge in [-0.2, -0.15) is 0 Å². The molecule has 6 nitrogen and oxygen atoms in total. The van der Waals surface area contributed by atoms with Gasteiger partial charge in [0, 0.05) is 56.8 Å². The van der Waals surface area contributed by atoms with Crippen molar-refractivity contribution in [2.24, 2.45) is 11.8 Å². The number of piperazine rings is 1. The van der Waals surface area contributed by atoms with Crippen LogP contribution in [0, 0.1) is 11.8 Å². The first-order valence-corrected chi connectivity index (χ1v) is 11.8. The fourth-order valence-corrected chi connectivity index (χ4v) is 5.31. The van der Waals surface area contributed by atoms with Gasteiger partial charge in [-0.05, 0) is 50.6 Å². The molecule has 1 aromatic rings. The van der Waals surface area contributed by atoms with E-state index in [4.69, 9.17) is 4.74 Å². The minimum atomic E-state index is -2.77. The number of aromatic nitrogens is 1. The van der Waals surface area contributed by atoms with E-state index in [1.807, 2.05) is 12.3 Å². The largest absolute Gasteiger partial charge is 0.493 e. The van der Waals surface area contributed by atoms with E-state index in [0.717, 1.165) is 83.0 Å². The lowest BCUT2D eigenvalue weighted by Gasteiger charge is -2.37. The third-order valence-electron chi connectivity index (χ3n) is 7.46. The summed E-state index contributed by atoms with van der Waals surface area (Å²) >= 11 is 0. The number of carbonyl (C=O) groups is 1. The lowest BCUT2D eigenvalue weighted by atomic mass is 9.84. The van der Waals surface area contributed by atoms with E-state index >= 15 is 0 Å². The second-order valence-electron chi connectivity index (χ2n) is 9.57. The van der Waals surface area contributed by atoms with E-state index in [1.54, 1.807) is 0 Å². The quantitative estimate of drug-likeness (QED) is 0.746. The first-order valence-electron chi connectivity index (χ1n) is 11.8. The summed E-state index contributed by atoms with van der Waals surface area (Å²) in [4.78, 5) is 21.4. The number of hydrogen-bond donors (Lipinski definition) is 1. The van der Waals surface area contributed by atoms with E-state index < -0.39 is 17.7 Å². The van der Waals surface area contributed by atoms with Crippen molar-refractivity contribution in [3.05, 3.63) is 17.8 Å². The summed E-state index contributed by atoms with van der Waals surface area (Å²) in [5.41, 5.74) is 1.25. The predicted octanol–water partition coefficient (Wildman–Crippen LogP) is 2.86. The van der Waals surface area contributed by atoms with Crippen LogP contribution < -0.4 is 15.0 Å². The maximum atomic E-state index is 13.0. The fourth-order valence-electron chi connectivity index (χ4n) is 5.31. The number of ether oxygens (including phenoxy) is 1. The highest BCUT2D eigenvalue weighted by atomic mass is 19.3. The first-order chi connectivity index (χ1) is 15.0. The van der Waals surface area contributed by atoms with Crippen LogP contribution >= 0.6 is 0 Å². The van der Waals surface area contributed by atoms with E-state index in [2.05, 4.69) is 20.1 Å². The van der Waals surface area contributed by atoms with Gasteiger partial charge in [0.15, 0.2) is 0 Å². The SMILES string of the molecule is O=C(N[C@H]1CC[C@H](CCN2CCN(c3nccc4c3CCO4)CC2)CC1)C1CC1(F)F. The molecule has 8 heteroatoms. The van der Waals surface area contributed by atoms with Crippen molar-refractivity contribution in [2.75, 3.05) is 44.2 Å². The molecule has 5 rings (SSSR count). The molecule has 0 spiro atoms. The zero-order valence-electron chi connectivity index (χ0n) is 18.0. The van der Waals surface area contributed by atoms with Crippen LogP contribution in [0.25, 0.3) is 0 Å². The Labute approximate surface area is 182 Å². The van der Waals surface area contributed by atoms with Crippen molar-refractivity contribution in [1.29, 1.82) is 0 Å². The van der Waals surface area contributed by atoms with Gasteiger partial charge < -0.3 is 15.0 Å². The Hall–Kier alpha value is -1.96. The lowest BCUT2D eigenvalue weighted by Crippen LogP contribution is -2.47. The van der Waals surface area contributed by atoms with Crippen LogP contribution in [0.3, 0.4) is 0 Å². The average Bonchev–Trinajstić information content (AvgIpc) is 3.18. The maximum absolute atomic E-state index is 13.0. The number of halogens is 2. The summed E-state index contributed by atoms with van der Waals surface area (Å²) in [6, 6.07) is 2.04. The van der Waals surface area contributed by atoms with Crippen molar-refractivity contribution in [2.45, 2.75) is 56.9 Å². The molecule has 1 unspecified atom stereocenters. The molecule has 1 saturated heterocycles. The summed E-state index contributed by atoms with van der Waals surface area (Å²) in [7, 11) is 0. The number of amides is 1. The van der Waals surface area contributed by atoms with Gasteiger partial charge in [0.25, 0.3) is 5.92 Å². The van der Waals surface area contributed by atoms with Gasteiger partial charge in [-0.25, -0.2) is 13.8 Å². The maximum Gasteiger partial charge on any atom is 0.260 e. The molecular formula is C23H32F2N4O2. The number of rotatable bonds is 6. The average molecular weight is 435 g/mol.